The number of hydrogen-bond donors (Lipinski definition) is 2. The summed E-state index contributed by atoms with van der Waals surface area (Å²) in [5.41, 5.74) is 3.95. The molecule has 0 fully saturated rings. The summed E-state index contributed by atoms with van der Waals surface area (Å²) in [6.07, 6.45) is -2.77. The molecule has 1 heterocycles. The Balaban J connectivity index is 2.23. The molecule has 1 aromatic rings. The monoisotopic (exact) mass is 406 g/mol. The van der Waals surface area contributed by atoms with Crippen LogP contribution in [0.3, 0.4) is 0 Å². The number of benzene rings is 1. The van der Waals surface area contributed by atoms with Gasteiger partial charge in [0.25, 0.3) is 0 Å². The maximum absolute atomic E-state index is 12.9. The number of hydrogen-bond acceptors (Lipinski definition) is 5. The highest BCUT2D eigenvalue weighted by atomic mass is 79.9. The Morgan fingerprint density at radius 2 is 2.00 bits per heavy atom. The van der Waals surface area contributed by atoms with Crippen LogP contribution in [0.1, 0.15) is 29.3 Å². The van der Waals surface area contributed by atoms with Crippen molar-refractivity contribution < 1.29 is 27.5 Å². The average Bonchev–Trinajstić information content (AvgIpc) is 2.48. The van der Waals surface area contributed by atoms with E-state index in [2.05, 4.69) is 26.0 Å². The minimum absolute atomic E-state index is 0.0350. The van der Waals surface area contributed by atoms with Gasteiger partial charge in [-0.1, -0.05) is 6.08 Å². The van der Waals surface area contributed by atoms with Crippen molar-refractivity contribution in [3.05, 3.63) is 39.4 Å². The van der Waals surface area contributed by atoms with Gasteiger partial charge in [-0.3, -0.25) is 0 Å². The number of rotatable bonds is 2. The van der Waals surface area contributed by atoms with E-state index in [9.17, 15) is 22.8 Å². The minimum Gasteiger partial charge on any atom is -0.398 e. The second-order valence-electron chi connectivity index (χ2n) is 5.34. The van der Waals surface area contributed by atoms with Crippen molar-refractivity contribution >= 4 is 33.6 Å². The molecular formula is C15H14BrF3N2O3. The third-order valence-electron chi connectivity index (χ3n) is 3.43. The lowest BCUT2D eigenvalue weighted by Crippen LogP contribution is -2.33. The molecule has 24 heavy (non-hydrogen) atoms. The summed E-state index contributed by atoms with van der Waals surface area (Å²) in [6, 6.07) is 1.65. The van der Waals surface area contributed by atoms with Gasteiger partial charge in [-0.2, -0.15) is 13.2 Å². The van der Waals surface area contributed by atoms with Gasteiger partial charge in [0.15, 0.2) is 0 Å². The van der Waals surface area contributed by atoms with Crippen LogP contribution in [0.2, 0.25) is 0 Å². The minimum atomic E-state index is -4.71. The molecule has 0 bridgehead atoms. The molecule has 0 spiro atoms. The van der Waals surface area contributed by atoms with Crippen LogP contribution in [0.4, 0.5) is 18.9 Å². The summed E-state index contributed by atoms with van der Waals surface area (Å²) in [5, 5.41) is 3.07. The number of alkyl halides is 3. The number of nitrogens with one attached hydrogen (secondary N) is 1. The van der Waals surface area contributed by atoms with Gasteiger partial charge in [0.1, 0.15) is 0 Å². The van der Waals surface area contributed by atoms with Crippen molar-refractivity contribution in [1.82, 2.24) is 5.32 Å². The highest BCUT2D eigenvalue weighted by molar-refractivity contribution is 9.10. The van der Waals surface area contributed by atoms with Gasteiger partial charge in [0.2, 0.25) is 0 Å². The zero-order valence-corrected chi connectivity index (χ0v) is 14.1. The van der Waals surface area contributed by atoms with E-state index in [1.807, 2.05) is 6.92 Å². The van der Waals surface area contributed by atoms with E-state index in [0.717, 1.165) is 6.07 Å². The van der Waals surface area contributed by atoms with Crippen molar-refractivity contribution in [1.29, 1.82) is 0 Å². The second kappa shape index (κ2) is 6.94. The van der Waals surface area contributed by atoms with E-state index < -0.39 is 29.2 Å². The van der Waals surface area contributed by atoms with Crippen LogP contribution in [0.5, 0.6) is 0 Å². The molecule has 1 atom stereocenters. The first kappa shape index (κ1) is 18.5. The van der Waals surface area contributed by atoms with Crippen LogP contribution in [0, 0.1) is 0 Å². The summed E-state index contributed by atoms with van der Waals surface area (Å²) >= 11 is 2.74. The Kier molecular flexibility index (Phi) is 5.34. The normalized spacial score (nSPS) is 18.0. The molecule has 0 unspecified atom stereocenters. The predicted octanol–water partition coefficient (Wildman–Crippen LogP) is 3.04. The van der Waals surface area contributed by atoms with E-state index in [1.54, 1.807) is 6.08 Å². The summed E-state index contributed by atoms with van der Waals surface area (Å²) < 4.78 is 43.2. The van der Waals surface area contributed by atoms with Gasteiger partial charge < -0.3 is 15.8 Å². The Bertz CT molecular complexity index is 717. The molecule has 1 aromatic carbocycles. The van der Waals surface area contributed by atoms with Crippen LogP contribution in [0.25, 0.3) is 0 Å². The fourth-order valence-electron chi connectivity index (χ4n) is 2.22. The lowest BCUT2D eigenvalue weighted by molar-refractivity contribution is -0.138. The van der Waals surface area contributed by atoms with Crippen molar-refractivity contribution in [3.63, 3.8) is 0 Å². The highest BCUT2D eigenvalue weighted by Crippen LogP contribution is 2.38. The van der Waals surface area contributed by atoms with Crippen molar-refractivity contribution in [2.24, 2.45) is 0 Å². The van der Waals surface area contributed by atoms with Gasteiger partial charge in [-0.15, -0.1) is 0 Å². The van der Waals surface area contributed by atoms with E-state index in [-0.39, 0.29) is 16.2 Å². The zero-order chi connectivity index (χ0) is 18.1. The van der Waals surface area contributed by atoms with E-state index in [0.29, 0.717) is 24.6 Å². The van der Waals surface area contributed by atoms with Crippen LogP contribution in [-0.2, 0) is 15.7 Å². The molecule has 1 aliphatic heterocycles. The van der Waals surface area contributed by atoms with Crippen molar-refractivity contribution in [3.8, 4) is 0 Å². The number of ether oxygens (including phenoxy) is 1. The van der Waals surface area contributed by atoms with Gasteiger partial charge in [0.05, 0.1) is 15.6 Å². The molecule has 0 saturated carbocycles. The van der Waals surface area contributed by atoms with Gasteiger partial charge in [-0.05, 0) is 41.4 Å². The summed E-state index contributed by atoms with van der Waals surface area (Å²) in [5.74, 6) is -2.06. The van der Waals surface area contributed by atoms with Gasteiger partial charge in [0, 0.05) is 23.8 Å². The van der Waals surface area contributed by atoms with Crippen LogP contribution < -0.4 is 11.1 Å². The largest absolute Gasteiger partial charge is 0.417 e. The van der Waals surface area contributed by atoms with Crippen LogP contribution in [-0.4, -0.2) is 24.5 Å². The molecule has 0 aromatic heterocycles. The third-order valence-corrected chi connectivity index (χ3v) is 4.32. The quantitative estimate of drug-likeness (QED) is 0.448. The molecule has 0 radical (unpaired) electrons. The van der Waals surface area contributed by atoms with E-state index in [1.165, 1.54) is 0 Å². The Labute approximate surface area is 144 Å². The smallest absolute Gasteiger partial charge is 0.398 e. The molecule has 0 aliphatic carbocycles. The summed E-state index contributed by atoms with van der Waals surface area (Å²) in [7, 11) is 0. The first-order chi connectivity index (χ1) is 11.1. The fraction of sp³-hybridized carbons (Fsp3) is 0.333. The second-order valence-corrected chi connectivity index (χ2v) is 6.14. The number of nitrogen functional groups attached to an aromatic ring is 1. The summed E-state index contributed by atoms with van der Waals surface area (Å²) in [4.78, 5) is 24.0. The Hall–Kier alpha value is -1.87. The van der Waals surface area contributed by atoms with Crippen molar-refractivity contribution in [2.75, 3.05) is 12.3 Å². The topological polar surface area (TPSA) is 81.4 Å². The average molecular weight is 407 g/mol. The van der Waals surface area contributed by atoms with Crippen molar-refractivity contribution in [2.45, 2.75) is 25.6 Å². The maximum atomic E-state index is 12.9. The standard InChI is InChI=1S/C15H14BrF3N2O3/c1-7-4-8(2-3-21-7)13(22)24-14(23)9-5-10(15(17,18)19)12(16)11(20)6-9/h2,5-7,21H,3-4,20H2,1H3/t7-/m1/s1. The molecule has 0 saturated heterocycles. The lowest BCUT2D eigenvalue weighted by atomic mass is 10.0. The van der Waals surface area contributed by atoms with Crippen LogP contribution >= 0.6 is 15.9 Å². The molecular weight excluding hydrogens is 393 g/mol. The number of halogens is 4. The number of carbonyl (C=O) groups is 2. The molecule has 130 valence electrons. The van der Waals surface area contributed by atoms with Gasteiger partial charge in [-0.25, -0.2) is 9.59 Å². The first-order valence-corrected chi connectivity index (χ1v) is 7.74. The maximum Gasteiger partial charge on any atom is 0.417 e. The molecule has 3 N–H and O–H groups in total. The fourth-order valence-corrected chi connectivity index (χ4v) is 2.67. The SMILES string of the molecule is C[C@@H]1CC(C(=O)OC(=O)c2cc(N)c(Br)c(C(F)(F)F)c2)=CCN1. The number of anilines is 1. The van der Waals surface area contributed by atoms with Gasteiger partial charge >= 0.3 is 18.1 Å². The van der Waals surface area contributed by atoms with Crippen LogP contribution in [0.15, 0.2) is 28.3 Å². The number of nitrogens with two attached hydrogens (primary N) is 1. The number of esters is 2. The molecule has 0 amide bonds. The Morgan fingerprint density at radius 3 is 2.58 bits per heavy atom. The molecule has 5 nitrogen and oxygen atoms in total. The first-order valence-electron chi connectivity index (χ1n) is 6.94. The van der Waals surface area contributed by atoms with E-state index >= 15 is 0 Å². The van der Waals surface area contributed by atoms with E-state index in [4.69, 9.17) is 5.73 Å². The molecule has 1 aliphatic rings. The molecule has 9 heteroatoms. The summed E-state index contributed by atoms with van der Waals surface area (Å²) in [6.45, 7) is 2.30. The lowest BCUT2D eigenvalue weighted by Gasteiger charge is -2.19. The molecule has 2 rings (SSSR count). The number of carbonyl (C=O) groups excluding carboxylic acids is 2. The third kappa shape index (κ3) is 4.15. The Morgan fingerprint density at radius 1 is 1.33 bits per heavy atom. The zero-order valence-electron chi connectivity index (χ0n) is 12.5. The predicted molar refractivity (Wildman–Crippen MR) is 84.1 cm³/mol. The highest BCUT2D eigenvalue weighted by Gasteiger charge is 2.35.